The van der Waals surface area contributed by atoms with Crippen molar-refractivity contribution < 1.29 is 9.59 Å². The van der Waals surface area contributed by atoms with E-state index in [0.29, 0.717) is 5.56 Å². The fraction of sp³-hybridized carbons (Fsp3) is 0.429. The van der Waals surface area contributed by atoms with Crippen LogP contribution >= 0.6 is 0 Å². The van der Waals surface area contributed by atoms with Crippen LogP contribution in [0.15, 0.2) is 30.3 Å². The fourth-order valence-corrected chi connectivity index (χ4v) is 2.39. The first-order chi connectivity index (χ1) is 9.16. The predicted molar refractivity (Wildman–Crippen MR) is 72.3 cm³/mol. The highest BCUT2D eigenvalue weighted by atomic mass is 16.2. The molecule has 1 aromatic rings. The molecule has 19 heavy (non-hydrogen) atoms. The maximum atomic E-state index is 11.9. The molecule has 4 N–H and O–H groups in total. The molecule has 0 radical (unpaired) electrons. The largest absolute Gasteiger partial charge is 0.368 e. The number of urea groups is 1. The van der Waals surface area contributed by atoms with Crippen LogP contribution in [0.2, 0.25) is 0 Å². The van der Waals surface area contributed by atoms with Crippen LogP contribution in [-0.2, 0) is 4.79 Å². The molecule has 2 rings (SSSR count). The van der Waals surface area contributed by atoms with Crippen LogP contribution in [0.3, 0.4) is 0 Å². The molecule has 5 heteroatoms. The highest BCUT2D eigenvalue weighted by molar-refractivity contribution is 5.87. The minimum Gasteiger partial charge on any atom is -0.368 e. The fourth-order valence-electron chi connectivity index (χ4n) is 2.39. The Balaban J connectivity index is 1.97. The van der Waals surface area contributed by atoms with Crippen molar-refractivity contribution in [2.75, 3.05) is 0 Å². The lowest BCUT2D eigenvalue weighted by atomic mass is 10.1. The maximum Gasteiger partial charge on any atom is 0.315 e. The minimum atomic E-state index is -0.789. The Morgan fingerprint density at radius 1 is 1.16 bits per heavy atom. The lowest BCUT2D eigenvalue weighted by molar-refractivity contribution is -0.119. The van der Waals surface area contributed by atoms with Crippen molar-refractivity contribution in [1.82, 2.24) is 10.6 Å². The summed E-state index contributed by atoms with van der Waals surface area (Å²) in [6.45, 7) is 0. The molecule has 1 aliphatic carbocycles. The first-order valence-corrected chi connectivity index (χ1v) is 6.58. The van der Waals surface area contributed by atoms with Gasteiger partial charge >= 0.3 is 6.03 Å². The van der Waals surface area contributed by atoms with Gasteiger partial charge in [0.25, 0.3) is 0 Å². The van der Waals surface area contributed by atoms with Gasteiger partial charge in [-0.25, -0.2) is 4.79 Å². The van der Waals surface area contributed by atoms with Crippen LogP contribution in [0, 0.1) is 0 Å². The Labute approximate surface area is 112 Å². The van der Waals surface area contributed by atoms with E-state index in [0.717, 1.165) is 25.7 Å². The summed E-state index contributed by atoms with van der Waals surface area (Å²) in [6, 6.07) is 8.09. The summed E-state index contributed by atoms with van der Waals surface area (Å²) in [7, 11) is 0. The van der Waals surface area contributed by atoms with Gasteiger partial charge in [-0.05, 0) is 18.4 Å². The standard InChI is InChI=1S/C14H19N3O2/c15-13(18)12(10-6-2-1-3-7-10)17-14(19)16-11-8-4-5-9-11/h1-3,6-7,11-12H,4-5,8-9H2,(H2,15,18)(H2,16,17,19)/t12-/m1/s1. The average Bonchev–Trinajstić information content (AvgIpc) is 2.89. The zero-order valence-electron chi connectivity index (χ0n) is 10.8. The van der Waals surface area contributed by atoms with Gasteiger partial charge in [0.05, 0.1) is 0 Å². The van der Waals surface area contributed by atoms with E-state index in [4.69, 9.17) is 5.73 Å². The number of primary amides is 1. The van der Waals surface area contributed by atoms with E-state index in [9.17, 15) is 9.59 Å². The number of carbonyl (C=O) groups is 2. The van der Waals surface area contributed by atoms with E-state index in [-0.39, 0.29) is 12.1 Å². The molecule has 0 spiro atoms. The summed E-state index contributed by atoms with van der Waals surface area (Å²) >= 11 is 0. The monoisotopic (exact) mass is 261 g/mol. The first kappa shape index (κ1) is 13.4. The molecule has 0 unspecified atom stereocenters. The van der Waals surface area contributed by atoms with E-state index in [1.807, 2.05) is 18.2 Å². The highest BCUT2D eigenvalue weighted by Gasteiger charge is 2.22. The summed E-state index contributed by atoms with van der Waals surface area (Å²) < 4.78 is 0. The molecule has 0 heterocycles. The molecule has 1 aliphatic rings. The minimum absolute atomic E-state index is 0.212. The molecule has 1 saturated carbocycles. The molecular formula is C14H19N3O2. The number of hydrogen-bond donors (Lipinski definition) is 3. The van der Waals surface area contributed by atoms with Crippen molar-refractivity contribution in [3.8, 4) is 0 Å². The molecule has 0 saturated heterocycles. The number of hydrogen-bond acceptors (Lipinski definition) is 2. The van der Waals surface area contributed by atoms with Gasteiger partial charge in [0, 0.05) is 6.04 Å². The van der Waals surface area contributed by atoms with Crippen molar-refractivity contribution in [2.45, 2.75) is 37.8 Å². The van der Waals surface area contributed by atoms with Crippen LogP contribution in [0.4, 0.5) is 4.79 Å². The van der Waals surface area contributed by atoms with Gasteiger partial charge < -0.3 is 16.4 Å². The predicted octanol–water partition coefficient (Wildman–Crippen LogP) is 1.45. The molecule has 1 fully saturated rings. The normalized spacial score (nSPS) is 16.8. The summed E-state index contributed by atoms with van der Waals surface area (Å²) in [5.41, 5.74) is 6.04. The molecule has 5 nitrogen and oxygen atoms in total. The lowest BCUT2D eigenvalue weighted by Gasteiger charge is -2.18. The van der Waals surface area contributed by atoms with Gasteiger partial charge in [-0.3, -0.25) is 4.79 Å². The smallest absolute Gasteiger partial charge is 0.315 e. The lowest BCUT2D eigenvalue weighted by Crippen LogP contribution is -2.45. The van der Waals surface area contributed by atoms with Crippen molar-refractivity contribution in [3.63, 3.8) is 0 Å². The molecule has 0 aliphatic heterocycles. The van der Waals surface area contributed by atoms with Gasteiger partial charge in [-0.15, -0.1) is 0 Å². The quantitative estimate of drug-likeness (QED) is 0.766. The molecule has 0 bridgehead atoms. The molecule has 1 atom stereocenters. The maximum absolute atomic E-state index is 11.9. The van der Waals surface area contributed by atoms with Crippen LogP contribution < -0.4 is 16.4 Å². The number of amides is 3. The van der Waals surface area contributed by atoms with Gasteiger partial charge in [0.1, 0.15) is 6.04 Å². The van der Waals surface area contributed by atoms with Crippen molar-refractivity contribution in [1.29, 1.82) is 0 Å². The Hall–Kier alpha value is -2.04. The van der Waals surface area contributed by atoms with Gasteiger partial charge in [-0.1, -0.05) is 43.2 Å². The zero-order chi connectivity index (χ0) is 13.7. The number of rotatable bonds is 4. The van der Waals surface area contributed by atoms with E-state index in [1.54, 1.807) is 12.1 Å². The Morgan fingerprint density at radius 2 is 1.79 bits per heavy atom. The Bertz CT molecular complexity index is 441. The number of nitrogens with one attached hydrogen (secondary N) is 2. The molecule has 3 amide bonds. The van der Waals surface area contributed by atoms with Crippen LogP contribution in [0.5, 0.6) is 0 Å². The third kappa shape index (κ3) is 3.71. The Kier molecular flexibility index (Phi) is 4.39. The van der Waals surface area contributed by atoms with Crippen LogP contribution in [0.25, 0.3) is 0 Å². The summed E-state index contributed by atoms with van der Waals surface area (Å²) in [6.07, 6.45) is 4.28. The number of nitrogens with two attached hydrogens (primary N) is 1. The van der Waals surface area contributed by atoms with E-state index >= 15 is 0 Å². The van der Waals surface area contributed by atoms with Crippen molar-refractivity contribution in [2.24, 2.45) is 5.73 Å². The third-order valence-corrected chi connectivity index (χ3v) is 3.38. The molecule has 102 valence electrons. The zero-order valence-corrected chi connectivity index (χ0v) is 10.8. The van der Waals surface area contributed by atoms with Crippen LogP contribution in [0.1, 0.15) is 37.3 Å². The van der Waals surface area contributed by atoms with Gasteiger partial charge in [0.15, 0.2) is 0 Å². The Morgan fingerprint density at radius 3 is 2.37 bits per heavy atom. The van der Waals surface area contributed by atoms with Gasteiger partial charge in [0.2, 0.25) is 5.91 Å². The van der Waals surface area contributed by atoms with E-state index < -0.39 is 11.9 Å². The first-order valence-electron chi connectivity index (χ1n) is 6.58. The third-order valence-electron chi connectivity index (χ3n) is 3.38. The number of carbonyl (C=O) groups excluding carboxylic acids is 2. The highest BCUT2D eigenvalue weighted by Crippen LogP contribution is 2.18. The molecule has 0 aromatic heterocycles. The van der Waals surface area contributed by atoms with E-state index in [2.05, 4.69) is 10.6 Å². The second kappa shape index (κ2) is 6.22. The summed E-state index contributed by atoms with van der Waals surface area (Å²) in [4.78, 5) is 23.3. The van der Waals surface area contributed by atoms with Crippen molar-refractivity contribution in [3.05, 3.63) is 35.9 Å². The average molecular weight is 261 g/mol. The van der Waals surface area contributed by atoms with Gasteiger partial charge in [-0.2, -0.15) is 0 Å². The molecule has 1 aromatic carbocycles. The SMILES string of the molecule is NC(=O)[C@H](NC(=O)NC1CCCC1)c1ccccc1. The van der Waals surface area contributed by atoms with Crippen molar-refractivity contribution >= 4 is 11.9 Å². The van der Waals surface area contributed by atoms with Crippen LogP contribution in [-0.4, -0.2) is 18.0 Å². The van der Waals surface area contributed by atoms with E-state index in [1.165, 1.54) is 0 Å². The second-order valence-electron chi connectivity index (χ2n) is 4.85. The summed E-state index contributed by atoms with van der Waals surface area (Å²) in [5.74, 6) is -0.562. The summed E-state index contributed by atoms with van der Waals surface area (Å²) in [5, 5.41) is 5.51. The molecular weight excluding hydrogens is 242 g/mol. The number of benzene rings is 1. The second-order valence-corrected chi connectivity index (χ2v) is 4.85. The topological polar surface area (TPSA) is 84.2 Å².